The molecule has 1 aromatic heterocycles. The van der Waals surface area contributed by atoms with Crippen LogP contribution in [0.1, 0.15) is 23.6 Å². The van der Waals surface area contributed by atoms with E-state index in [1.165, 1.54) is 6.92 Å². The number of anilines is 3. The topological polar surface area (TPSA) is 126 Å². The summed E-state index contributed by atoms with van der Waals surface area (Å²) in [5.74, 6) is 0.397. The van der Waals surface area contributed by atoms with Crippen LogP contribution < -0.4 is 24.4 Å². The van der Waals surface area contributed by atoms with Gasteiger partial charge in [0.25, 0.3) is 5.91 Å². The van der Waals surface area contributed by atoms with E-state index in [2.05, 4.69) is 32.1 Å². The number of sulfonamides is 1. The van der Waals surface area contributed by atoms with Gasteiger partial charge in [0.15, 0.2) is 5.75 Å². The molecule has 0 aliphatic carbocycles. The van der Waals surface area contributed by atoms with Gasteiger partial charge in [0.05, 0.1) is 30.3 Å². The Balaban J connectivity index is 1.57. The van der Waals surface area contributed by atoms with Gasteiger partial charge in [-0.25, -0.2) is 13.4 Å². The number of carbonyl (C=O) groups is 1. The number of aromatic nitrogens is 2. The van der Waals surface area contributed by atoms with Crippen molar-refractivity contribution in [2.75, 3.05) is 61.5 Å². The van der Waals surface area contributed by atoms with Gasteiger partial charge in [0, 0.05) is 44.0 Å². The first kappa shape index (κ1) is 32.5. The summed E-state index contributed by atoms with van der Waals surface area (Å²) in [6, 6.07) is 8.17. The molecular formula is C29H33F3N6O5S. The number of nitrogens with one attached hydrogen (secondary N) is 2. The van der Waals surface area contributed by atoms with Gasteiger partial charge in [-0.15, -0.1) is 0 Å². The number of amides is 1. The maximum atomic E-state index is 13.6. The van der Waals surface area contributed by atoms with Crippen molar-refractivity contribution in [1.29, 1.82) is 0 Å². The molecular weight excluding hydrogens is 601 g/mol. The average molecular weight is 635 g/mol. The monoisotopic (exact) mass is 634 g/mol. The highest BCUT2D eigenvalue weighted by Crippen LogP contribution is 2.41. The van der Waals surface area contributed by atoms with Crippen molar-refractivity contribution in [3.05, 3.63) is 64.9 Å². The normalized spacial score (nSPS) is 14.7. The molecule has 1 amide bonds. The molecule has 0 bridgehead atoms. The van der Waals surface area contributed by atoms with E-state index in [1.54, 1.807) is 43.5 Å². The van der Waals surface area contributed by atoms with Crippen LogP contribution in [0.2, 0.25) is 0 Å². The van der Waals surface area contributed by atoms with Crippen LogP contribution in [-0.2, 0) is 21.0 Å². The van der Waals surface area contributed by atoms with Crippen molar-refractivity contribution in [3.8, 4) is 17.4 Å². The van der Waals surface area contributed by atoms with E-state index in [1.807, 2.05) is 4.72 Å². The minimum absolute atomic E-state index is 0.154. The summed E-state index contributed by atoms with van der Waals surface area (Å²) in [4.78, 5) is 26.4. The lowest BCUT2D eigenvalue weighted by atomic mass is 10.0. The van der Waals surface area contributed by atoms with E-state index < -0.39 is 33.4 Å². The summed E-state index contributed by atoms with van der Waals surface area (Å²) in [5.41, 5.74) is -0.540. The minimum Gasteiger partial charge on any atom is -0.492 e. The van der Waals surface area contributed by atoms with Crippen molar-refractivity contribution in [2.24, 2.45) is 0 Å². The molecule has 0 radical (unpaired) electrons. The summed E-state index contributed by atoms with van der Waals surface area (Å²) in [5, 5.41) is 2.41. The third-order valence-corrected chi connectivity index (χ3v) is 7.43. The molecule has 0 saturated carbocycles. The van der Waals surface area contributed by atoms with Crippen molar-refractivity contribution in [1.82, 2.24) is 14.9 Å². The molecule has 2 heterocycles. The van der Waals surface area contributed by atoms with E-state index in [9.17, 15) is 26.4 Å². The predicted octanol–water partition coefficient (Wildman–Crippen LogP) is 4.77. The van der Waals surface area contributed by atoms with Gasteiger partial charge in [0.1, 0.15) is 5.75 Å². The van der Waals surface area contributed by atoms with Crippen molar-refractivity contribution >= 4 is 39.3 Å². The summed E-state index contributed by atoms with van der Waals surface area (Å²) >= 11 is 0. The van der Waals surface area contributed by atoms with Crippen LogP contribution in [0.4, 0.5) is 30.5 Å². The number of alkyl halides is 3. The van der Waals surface area contributed by atoms with Crippen LogP contribution in [0.3, 0.4) is 0 Å². The minimum atomic E-state index is -4.82. The Morgan fingerprint density at radius 3 is 2.41 bits per heavy atom. The fraction of sp³-hybridized carbons (Fsp3) is 0.345. The number of nitrogens with zero attached hydrogens (tertiary/aromatic N) is 4. The molecule has 1 aliphatic rings. The van der Waals surface area contributed by atoms with Crippen LogP contribution in [-0.4, -0.2) is 75.8 Å². The number of likely N-dealkylation sites (N-methyl/N-ethyl adjacent to an activating group) is 1. The first-order chi connectivity index (χ1) is 20.6. The molecule has 2 N–H and O–H groups in total. The highest BCUT2D eigenvalue weighted by Gasteiger charge is 2.33. The number of methoxy groups -OCH3 is 1. The molecule has 2 aromatic carbocycles. The molecule has 236 valence electrons. The lowest BCUT2D eigenvalue weighted by molar-refractivity contribution is -0.137. The summed E-state index contributed by atoms with van der Waals surface area (Å²) in [6.07, 6.45) is -0.850. The van der Waals surface area contributed by atoms with Crippen LogP contribution in [0.25, 0.3) is 6.08 Å². The molecule has 3 aromatic rings. The molecule has 1 aliphatic heterocycles. The summed E-state index contributed by atoms with van der Waals surface area (Å²) in [7, 11) is -0.753. The standard InChI is InChI=1S/C29H33F3N6O5S/c1-18(27(39)34-22-16-21(29(30,31)32)17-23(26(22)42-4)36-44(5,40)41)15-20-7-6-8-24(19(20)2)43-25-9-10-33-28(35-25)38-13-11-37(3)12-14-38/h6-10,15-17,36H,11-14H2,1-5H3,(H,34,39)/b18-15+. The zero-order valence-corrected chi connectivity index (χ0v) is 25.6. The van der Waals surface area contributed by atoms with Crippen molar-refractivity contribution in [3.63, 3.8) is 0 Å². The molecule has 0 atom stereocenters. The highest BCUT2D eigenvalue weighted by molar-refractivity contribution is 7.92. The number of rotatable bonds is 9. The van der Waals surface area contributed by atoms with Crippen LogP contribution in [0.15, 0.2) is 48.2 Å². The van der Waals surface area contributed by atoms with E-state index >= 15 is 0 Å². The summed E-state index contributed by atoms with van der Waals surface area (Å²) in [6.45, 7) is 6.67. The predicted molar refractivity (Wildman–Crippen MR) is 162 cm³/mol. The van der Waals surface area contributed by atoms with E-state index in [0.717, 1.165) is 39.5 Å². The lowest BCUT2D eigenvalue weighted by Gasteiger charge is -2.32. The Kier molecular flexibility index (Phi) is 9.69. The number of halogens is 3. The van der Waals surface area contributed by atoms with E-state index in [0.29, 0.717) is 40.8 Å². The van der Waals surface area contributed by atoms with Gasteiger partial charge < -0.3 is 24.6 Å². The number of hydrogen-bond donors (Lipinski definition) is 2. The molecule has 15 heteroatoms. The molecule has 1 fully saturated rings. The second-order valence-electron chi connectivity index (χ2n) is 10.3. The smallest absolute Gasteiger partial charge is 0.416 e. The van der Waals surface area contributed by atoms with Crippen molar-refractivity contribution < 1.29 is 35.9 Å². The zero-order chi connectivity index (χ0) is 32.2. The Morgan fingerprint density at radius 2 is 1.77 bits per heavy atom. The Hall–Kier alpha value is -4.37. The highest BCUT2D eigenvalue weighted by atomic mass is 32.2. The van der Waals surface area contributed by atoms with Gasteiger partial charge in [0.2, 0.25) is 21.9 Å². The van der Waals surface area contributed by atoms with Crippen molar-refractivity contribution in [2.45, 2.75) is 20.0 Å². The average Bonchev–Trinajstić information content (AvgIpc) is 2.94. The maximum Gasteiger partial charge on any atom is 0.416 e. The van der Waals surface area contributed by atoms with Crippen LogP contribution >= 0.6 is 0 Å². The van der Waals surface area contributed by atoms with E-state index in [4.69, 9.17) is 9.47 Å². The first-order valence-corrected chi connectivity index (χ1v) is 15.3. The Labute approximate surface area is 253 Å². The molecule has 11 nitrogen and oxygen atoms in total. The Morgan fingerprint density at radius 1 is 1.09 bits per heavy atom. The largest absolute Gasteiger partial charge is 0.492 e. The van der Waals surface area contributed by atoms with Gasteiger partial charge >= 0.3 is 6.18 Å². The van der Waals surface area contributed by atoms with Gasteiger partial charge in [-0.2, -0.15) is 18.2 Å². The van der Waals surface area contributed by atoms with Crippen LogP contribution in [0.5, 0.6) is 17.4 Å². The molecule has 4 rings (SSSR count). The molecule has 44 heavy (non-hydrogen) atoms. The van der Waals surface area contributed by atoms with Crippen LogP contribution in [0, 0.1) is 6.92 Å². The molecule has 0 unspecified atom stereocenters. The lowest BCUT2D eigenvalue weighted by Crippen LogP contribution is -2.45. The second kappa shape index (κ2) is 13.1. The third kappa shape index (κ3) is 8.17. The number of ether oxygens (including phenoxy) is 2. The quantitative estimate of drug-likeness (QED) is 0.320. The zero-order valence-electron chi connectivity index (χ0n) is 24.8. The number of benzene rings is 2. The first-order valence-electron chi connectivity index (χ1n) is 13.5. The Bertz CT molecular complexity index is 1670. The third-order valence-electron chi connectivity index (χ3n) is 6.84. The summed E-state index contributed by atoms with van der Waals surface area (Å²) < 4.78 is 77.6. The second-order valence-corrected chi connectivity index (χ2v) is 12.1. The number of carbonyl (C=O) groups excluding carboxylic acids is 1. The van der Waals surface area contributed by atoms with Gasteiger partial charge in [-0.3, -0.25) is 9.52 Å². The molecule has 0 spiro atoms. The molecule has 1 saturated heterocycles. The van der Waals surface area contributed by atoms with Gasteiger partial charge in [-0.1, -0.05) is 12.1 Å². The van der Waals surface area contributed by atoms with Gasteiger partial charge in [-0.05, 0) is 56.3 Å². The number of piperazine rings is 1. The fourth-order valence-corrected chi connectivity index (χ4v) is 5.01. The SMILES string of the molecule is COc1c(NC(=O)/C(C)=C/c2cccc(Oc3ccnc(N4CCN(C)CC4)n3)c2C)cc(C(F)(F)F)cc1NS(C)(=O)=O. The fourth-order valence-electron chi connectivity index (χ4n) is 4.46. The maximum absolute atomic E-state index is 13.6. The number of hydrogen-bond acceptors (Lipinski definition) is 9. The van der Waals surface area contributed by atoms with E-state index in [-0.39, 0.29) is 17.0 Å².